The number of phenolic OH excluding ortho intramolecular Hbond substituents is 1. The van der Waals surface area contributed by atoms with Gasteiger partial charge >= 0.3 is 5.88 Å². The molecule has 34 heavy (non-hydrogen) atoms. The Kier molecular flexibility index (Phi) is 8.42. The van der Waals surface area contributed by atoms with Crippen LogP contribution >= 0.6 is 23.4 Å². The first-order valence-electron chi connectivity index (χ1n) is 11.6. The molecule has 1 aliphatic rings. The fourth-order valence-corrected chi connectivity index (χ4v) is 4.83. The maximum atomic E-state index is 12.6. The number of piperazine rings is 1. The lowest BCUT2D eigenvalue weighted by Gasteiger charge is -2.29. The van der Waals surface area contributed by atoms with E-state index in [9.17, 15) is 10.2 Å². The molecule has 0 unspecified atom stereocenters. The van der Waals surface area contributed by atoms with Gasteiger partial charge in [0.15, 0.2) is 0 Å². The molecule has 1 saturated heterocycles. The highest BCUT2D eigenvalue weighted by molar-refractivity contribution is 8.00. The van der Waals surface area contributed by atoms with Crippen LogP contribution in [0.25, 0.3) is 0 Å². The second-order valence-corrected chi connectivity index (χ2v) is 12.0. The minimum atomic E-state index is -0.303. The van der Waals surface area contributed by atoms with Crippen LogP contribution in [0.15, 0.2) is 32.7 Å². The van der Waals surface area contributed by atoms with Crippen LogP contribution < -0.4 is 14.9 Å². The van der Waals surface area contributed by atoms with Gasteiger partial charge in [0, 0.05) is 47.3 Å². The van der Waals surface area contributed by atoms with E-state index in [1.807, 2.05) is 17.1 Å². The van der Waals surface area contributed by atoms with Crippen molar-refractivity contribution in [2.75, 3.05) is 49.4 Å². The largest absolute Gasteiger partial charge is 0.861 e. The first-order valence-corrected chi connectivity index (χ1v) is 13.1. The predicted molar refractivity (Wildman–Crippen MR) is 135 cm³/mol. The van der Waals surface area contributed by atoms with E-state index in [4.69, 9.17) is 16.1 Å². The molecule has 0 bridgehead atoms. The molecule has 0 atom stereocenters. The van der Waals surface area contributed by atoms with Crippen molar-refractivity contribution >= 4 is 35.1 Å². The number of halogens is 1. The summed E-state index contributed by atoms with van der Waals surface area (Å²) in [5.74, 6) is 0.998. The number of benzene rings is 1. The number of thioether (sulfide) groups is 1. The lowest BCUT2D eigenvalue weighted by atomic mass is 9.79. The van der Waals surface area contributed by atoms with Crippen LogP contribution in [0.1, 0.15) is 52.7 Å². The third-order valence-electron chi connectivity index (χ3n) is 5.78. The van der Waals surface area contributed by atoms with Gasteiger partial charge in [0.1, 0.15) is 5.75 Å². The van der Waals surface area contributed by atoms with Gasteiger partial charge in [0.2, 0.25) is 5.27 Å². The maximum Gasteiger partial charge on any atom is 0.324 e. The zero-order chi connectivity index (χ0) is 25.1. The van der Waals surface area contributed by atoms with Crippen molar-refractivity contribution in [2.45, 2.75) is 57.3 Å². The van der Waals surface area contributed by atoms with Crippen molar-refractivity contribution in [1.29, 1.82) is 0 Å². The smallest absolute Gasteiger partial charge is 0.324 e. The van der Waals surface area contributed by atoms with Crippen LogP contribution in [-0.4, -0.2) is 65.5 Å². The van der Waals surface area contributed by atoms with Gasteiger partial charge in [-0.25, -0.2) is 4.99 Å². The van der Waals surface area contributed by atoms with E-state index in [2.05, 4.69) is 56.7 Å². The van der Waals surface area contributed by atoms with Gasteiger partial charge in [0.05, 0.1) is 17.9 Å². The number of nitrogens with zero attached hydrogens (tertiary/aromatic N) is 5. The summed E-state index contributed by atoms with van der Waals surface area (Å²) in [7, 11) is 0. The Labute approximate surface area is 211 Å². The standard InChI is InChI=1S/C24H36ClN5O3S/c1-23(2,3)18-13-17(14-19(22(18)32)24(4,5)6)34-16-20(31)26-21-15-30(27-33-21)29-11-9-28(8-7-25)10-12-29/h13-15H,7-12,16H2,1-6H3,(H-,26,27,31,32). The van der Waals surface area contributed by atoms with Crippen molar-refractivity contribution in [3.05, 3.63) is 29.5 Å². The zero-order valence-corrected chi connectivity index (χ0v) is 22.5. The average Bonchev–Trinajstić information content (AvgIpc) is 3.20. The summed E-state index contributed by atoms with van der Waals surface area (Å²) in [6.45, 7) is 16.7. The van der Waals surface area contributed by atoms with Crippen LogP contribution in [0.2, 0.25) is 0 Å². The molecule has 0 aliphatic carbocycles. The summed E-state index contributed by atoms with van der Waals surface area (Å²) in [4.78, 5) is 8.92. The number of hydrogen-bond donors (Lipinski definition) is 1. The SMILES string of the molecule is CC(C)(C)c1cc(SCC([O-])=Nc2c[n+](N3CCN(CCCl)CC3)no2)cc(C(C)(C)C)c1O. The van der Waals surface area contributed by atoms with Crippen LogP contribution in [0, 0.1) is 0 Å². The predicted octanol–water partition coefficient (Wildman–Crippen LogP) is 2.94. The monoisotopic (exact) mass is 509 g/mol. The van der Waals surface area contributed by atoms with Crippen LogP contribution in [0.4, 0.5) is 5.88 Å². The molecule has 1 aliphatic heterocycles. The van der Waals surface area contributed by atoms with Crippen molar-refractivity contribution < 1.29 is 19.5 Å². The number of aliphatic imine (C=N–C) groups is 1. The molecule has 1 aromatic carbocycles. The Morgan fingerprint density at radius 2 is 1.74 bits per heavy atom. The van der Waals surface area contributed by atoms with Crippen LogP contribution in [-0.2, 0) is 10.8 Å². The number of aromatic hydroxyl groups is 1. The summed E-state index contributed by atoms with van der Waals surface area (Å²) >= 11 is 7.23. The van der Waals surface area contributed by atoms with Crippen molar-refractivity contribution in [3.8, 4) is 5.75 Å². The highest BCUT2D eigenvalue weighted by Gasteiger charge is 2.27. The van der Waals surface area contributed by atoms with Crippen LogP contribution in [0.3, 0.4) is 0 Å². The molecule has 1 fully saturated rings. The second kappa shape index (κ2) is 10.7. The topological polar surface area (TPSA) is 92.0 Å². The van der Waals surface area contributed by atoms with Crippen molar-refractivity contribution in [1.82, 2.24) is 10.2 Å². The Morgan fingerprint density at radius 1 is 1.15 bits per heavy atom. The fourth-order valence-electron chi connectivity index (χ4n) is 3.83. The highest BCUT2D eigenvalue weighted by Crippen LogP contribution is 2.41. The van der Waals surface area contributed by atoms with E-state index in [1.165, 1.54) is 11.8 Å². The van der Waals surface area contributed by atoms with E-state index in [1.54, 1.807) is 11.0 Å². The normalized spacial score (nSPS) is 16.3. The molecular weight excluding hydrogens is 474 g/mol. The summed E-state index contributed by atoms with van der Waals surface area (Å²) in [5, 5.41) is 29.5. The van der Waals surface area contributed by atoms with Gasteiger partial charge in [-0.05, 0) is 28.9 Å². The lowest BCUT2D eigenvalue weighted by molar-refractivity contribution is -0.759. The molecular formula is C24H36ClN5O3S. The zero-order valence-electron chi connectivity index (χ0n) is 21.0. The summed E-state index contributed by atoms with van der Waals surface area (Å²) < 4.78 is 5.27. The minimum absolute atomic E-state index is 0.162. The Morgan fingerprint density at radius 3 is 2.26 bits per heavy atom. The summed E-state index contributed by atoms with van der Waals surface area (Å²) in [6.07, 6.45) is 1.63. The first kappa shape index (κ1) is 26.6. The Hall–Kier alpha value is -1.97. The van der Waals surface area contributed by atoms with E-state index in [0.717, 1.165) is 48.7 Å². The molecule has 3 rings (SSSR count). The van der Waals surface area contributed by atoms with E-state index in [-0.39, 0.29) is 28.4 Å². The van der Waals surface area contributed by atoms with Gasteiger partial charge in [-0.3, -0.25) is 9.42 Å². The Balaban J connectivity index is 1.68. The Bertz CT molecular complexity index is 970. The molecule has 8 nitrogen and oxygen atoms in total. The number of hydrogen-bond acceptors (Lipinski definition) is 8. The van der Waals surface area contributed by atoms with Gasteiger partial charge in [-0.15, -0.1) is 23.4 Å². The van der Waals surface area contributed by atoms with Gasteiger partial charge in [0.25, 0.3) is 6.20 Å². The van der Waals surface area contributed by atoms with Gasteiger partial charge < -0.3 is 10.2 Å². The van der Waals surface area contributed by atoms with Gasteiger partial charge in [-0.2, -0.15) is 5.01 Å². The number of rotatable bonds is 7. The molecule has 2 heterocycles. The number of aromatic nitrogens is 2. The average molecular weight is 510 g/mol. The highest BCUT2D eigenvalue weighted by atomic mass is 35.5. The third kappa shape index (κ3) is 6.79. The van der Waals surface area contributed by atoms with E-state index < -0.39 is 0 Å². The molecule has 1 aromatic heterocycles. The third-order valence-corrected chi connectivity index (χ3v) is 6.91. The molecule has 2 aromatic rings. The molecule has 0 radical (unpaired) electrons. The molecule has 10 heteroatoms. The number of alkyl halides is 1. The molecule has 188 valence electrons. The quantitative estimate of drug-likeness (QED) is 0.202. The van der Waals surface area contributed by atoms with Crippen molar-refractivity contribution in [3.63, 3.8) is 0 Å². The molecule has 0 saturated carbocycles. The maximum absolute atomic E-state index is 12.6. The lowest BCUT2D eigenvalue weighted by Crippen LogP contribution is -2.65. The fraction of sp³-hybridized carbons (Fsp3) is 0.625. The summed E-state index contributed by atoms with van der Waals surface area (Å²) in [6, 6.07) is 3.93. The minimum Gasteiger partial charge on any atom is -0.861 e. The first-order chi connectivity index (χ1) is 15.9. The second-order valence-electron chi connectivity index (χ2n) is 10.6. The van der Waals surface area contributed by atoms with Crippen LogP contribution in [0.5, 0.6) is 5.75 Å². The van der Waals surface area contributed by atoms with Gasteiger partial charge in [-0.1, -0.05) is 41.5 Å². The number of phenols is 1. The molecule has 0 amide bonds. The molecule has 0 spiro atoms. The van der Waals surface area contributed by atoms with E-state index in [0.29, 0.717) is 11.6 Å². The molecule has 1 N–H and O–H groups in total. The summed E-state index contributed by atoms with van der Waals surface area (Å²) in [5.41, 5.74) is 1.29. The van der Waals surface area contributed by atoms with E-state index >= 15 is 0 Å². The van der Waals surface area contributed by atoms with Crippen molar-refractivity contribution in [2.24, 2.45) is 4.99 Å².